The first-order valence-electron chi connectivity index (χ1n) is 9.72. The van der Waals surface area contributed by atoms with E-state index in [-0.39, 0.29) is 12.0 Å². The summed E-state index contributed by atoms with van der Waals surface area (Å²) in [6, 6.07) is 6.14. The van der Waals surface area contributed by atoms with Gasteiger partial charge in [-0.05, 0) is 50.8 Å². The highest BCUT2D eigenvalue weighted by atomic mass is 35.5. The molecule has 0 spiro atoms. The second-order valence-corrected chi connectivity index (χ2v) is 8.40. The Kier molecular flexibility index (Phi) is 7.26. The molecule has 1 aliphatic carbocycles. The fourth-order valence-corrected chi connectivity index (χ4v) is 4.24. The lowest BCUT2D eigenvalue weighted by molar-refractivity contribution is -0.131. The molecule has 2 fully saturated rings. The lowest BCUT2D eigenvalue weighted by Crippen LogP contribution is -2.49. The number of nitrogens with zero attached hydrogens (tertiary/aromatic N) is 2. The van der Waals surface area contributed by atoms with E-state index < -0.39 is 0 Å². The third-order valence-electron chi connectivity index (χ3n) is 5.80. The predicted octanol–water partition coefficient (Wildman–Crippen LogP) is 3.44. The van der Waals surface area contributed by atoms with Gasteiger partial charge in [0.15, 0.2) is 0 Å². The Labute approximate surface area is 171 Å². The predicted molar refractivity (Wildman–Crippen MR) is 111 cm³/mol. The maximum Gasteiger partial charge on any atom is 0.249 e. The Morgan fingerprint density at radius 1 is 1.26 bits per heavy atom. The average molecular weight is 414 g/mol. The van der Waals surface area contributed by atoms with Crippen LogP contribution in [0.1, 0.15) is 26.2 Å². The summed E-state index contributed by atoms with van der Waals surface area (Å²) in [6.45, 7) is 6.93. The van der Waals surface area contributed by atoms with E-state index in [9.17, 15) is 4.79 Å². The van der Waals surface area contributed by atoms with E-state index in [1.807, 2.05) is 18.2 Å². The summed E-state index contributed by atoms with van der Waals surface area (Å²) in [7, 11) is 1.56. The monoisotopic (exact) mass is 413 g/mol. The number of piperazine rings is 1. The van der Waals surface area contributed by atoms with E-state index in [2.05, 4.69) is 15.1 Å². The highest BCUT2D eigenvalue weighted by Crippen LogP contribution is 2.33. The van der Waals surface area contributed by atoms with Gasteiger partial charge < -0.3 is 15.0 Å². The molecule has 5 nitrogen and oxygen atoms in total. The van der Waals surface area contributed by atoms with Crippen LogP contribution in [-0.2, 0) is 9.53 Å². The van der Waals surface area contributed by atoms with E-state index >= 15 is 0 Å². The summed E-state index contributed by atoms with van der Waals surface area (Å²) in [5.74, 6) is 0.713. The summed E-state index contributed by atoms with van der Waals surface area (Å²) in [5.41, 5.74) is 1.03. The molecule has 2 aliphatic rings. The minimum atomic E-state index is -0.367. The molecular weight excluding hydrogens is 385 g/mol. The van der Waals surface area contributed by atoms with Gasteiger partial charge in [-0.3, -0.25) is 9.69 Å². The normalized spacial score (nSPS) is 24.4. The van der Waals surface area contributed by atoms with Gasteiger partial charge >= 0.3 is 0 Å². The van der Waals surface area contributed by atoms with Gasteiger partial charge in [0.05, 0.1) is 15.7 Å². The standard InChI is InChI=1S/C20H29Cl2N3O2/c1-14(27-2)20(26)23-16-12-15(13-16)6-7-24-8-10-25(11-9-24)18-5-3-4-17(21)19(18)22/h3-5,14-16H,6-13H2,1-2H3,(H,23,26)/t14-,15?,16?/m0/s1. The molecule has 3 rings (SSSR count). The maximum absolute atomic E-state index is 11.8. The van der Waals surface area contributed by atoms with Crippen molar-refractivity contribution in [2.45, 2.75) is 38.3 Å². The molecule has 1 amide bonds. The van der Waals surface area contributed by atoms with E-state index in [1.54, 1.807) is 14.0 Å². The Bertz CT molecular complexity index is 644. The zero-order valence-electron chi connectivity index (χ0n) is 16.1. The second kappa shape index (κ2) is 9.46. The third kappa shape index (κ3) is 5.29. The van der Waals surface area contributed by atoms with Crippen LogP contribution in [0.3, 0.4) is 0 Å². The Morgan fingerprint density at radius 2 is 1.96 bits per heavy atom. The molecule has 1 aliphatic heterocycles. The van der Waals surface area contributed by atoms with Crippen molar-refractivity contribution in [1.82, 2.24) is 10.2 Å². The van der Waals surface area contributed by atoms with Crippen LogP contribution in [0.25, 0.3) is 0 Å². The average Bonchev–Trinajstić information content (AvgIpc) is 2.65. The van der Waals surface area contributed by atoms with Gasteiger partial charge in [0.1, 0.15) is 6.10 Å². The fraction of sp³-hybridized carbons (Fsp3) is 0.650. The molecule has 150 valence electrons. The molecule has 1 atom stereocenters. The Hall–Kier alpha value is -1.01. The zero-order valence-corrected chi connectivity index (χ0v) is 17.6. The molecule has 0 aromatic heterocycles. The molecule has 0 radical (unpaired) electrons. The zero-order chi connectivity index (χ0) is 19.4. The summed E-state index contributed by atoms with van der Waals surface area (Å²) >= 11 is 12.5. The molecule has 1 saturated carbocycles. The summed E-state index contributed by atoms with van der Waals surface area (Å²) in [4.78, 5) is 16.7. The van der Waals surface area contributed by atoms with Gasteiger partial charge in [0.2, 0.25) is 5.91 Å². The van der Waals surface area contributed by atoms with Crippen LogP contribution in [0.15, 0.2) is 18.2 Å². The topological polar surface area (TPSA) is 44.8 Å². The number of benzene rings is 1. The lowest BCUT2D eigenvalue weighted by atomic mass is 9.78. The molecule has 1 N–H and O–H groups in total. The van der Waals surface area contributed by atoms with E-state index in [0.717, 1.165) is 51.3 Å². The molecule has 1 aromatic carbocycles. The molecule has 1 saturated heterocycles. The molecular formula is C20H29Cl2N3O2. The van der Waals surface area contributed by atoms with Crippen molar-refractivity contribution in [3.8, 4) is 0 Å². The number of anilines is 1. The molecule has 1 aromatic rings. The van der Waals surface area contributed by atoms with Crippen molar-refractivity contribution in [1.29, 1.82) is 0 Å². The number of amides is 1. The van der Waals surface area contributed by atoms with Crippen molar-refractivity contribution in [2.24, 2.45) is 5.92 Å². The summed E-state index contributed by atoms with van der Waals surface area (Å²) < 4.78 is 5.05. The number of methoxy groups -OCH3 is 1. The van der Waals surface area contributed by atoms with Crippen LogP contribution in [0.2, 0.25) is 10.0 Å². The van der Waals surface area contributed by atoms with Crippen LogP contribution in [0.5, 0.6) is 0 Å². The van der Waals surface area contributed by atoms with Gasteiger partial charge in [-0.2, -0.15) is 0 Å². The molecule has 27 heavy (non-hydrogen) atoms. The van der Waals surface area contributed by atoms with E-state index in [1.165, 1.54) is 6.42 Å². The highest BCUT2D eigenvalue weighted by molar-refractivity contribution is 6.43. The third-order valence-corrected chi connectivity index (χ3v) is 6.61. The van der Waals surface area contributed by atoms with Crippen molar-refractivity contribution in [3.63, 3.8) is 0 Å². The van der Waals surface area contributed by atoms with Crippen LogP contribution >= 0.6 is 23.2 Å². The molecule has 0 unspecified atom stereocenters. The summed E-state index contributed by atoms with van der Waals surface area (Å²) in [6.07, 6.45) is 3.00. The Morgan fingerprint density at radius 3 is 2.63 bits per heavy atom. The largest absolute Gasteiger partial charge is 0.372 e. The van der Waals surface area contributed by atoms with Gasteiger partial charge in [-0.15, -0.1) is 0 Å². The Balaban J connectivity index is 1.34. The van der Waals surface area contributed by atoms with Crippen LogP contribution in [-0.4, -0.2) is 62.8 Å². The number of rotatable bonds is 7. The lowest BCUT2D eigenvalue weighted by Gasteiger charge is -2.40. The van der Waals surface area contributed by atoms with Gasteiger partial charge in [-0.25, -0.2) is 0 Å². The summed E-state index contributed by atoms with van der Waals surface area (Å²) in [5, 5.41) is 4.33. The first kappa shape index (κ1) is 20.7. The van der Waals surface area contributed by atoms with Gasteiger partial charge in [-0.1, -0.05) is 29.3 Å². The SMILES string of the molecule is CO[C@@H](C)C(=O)NC1CC(CCN2CCN(c3cccc(Cl)c3Cl)CC2)C1. The smallest absolute Gasteiger partial charge is 0.249 e. The quantitative estimate of drug-likeness (QED) is 0.743. The molecule has 7 heteroatoms. The number of nitrogens with one attached hydrogen (secondary N) is 1. The van der Waals surface area contributed by atoms with E-state index in [4.69, 9.17) is 27.9 Å². The molecule has 1 heterocycles. The van der Waals surface area contributed by atoms with Crippen molar-refractivity contribution < 1.29 is 9.53 Å². The first-order valence-corrected chi connectivity index (χ1v) is 10.5. The number of hydrogen-bond acceptors (Lipinski definition) is 4. The van der Waals surface area contributed by atoms with Crippen molar-refractivity contribution >= 4 is 34.8 Å². The number of carbonyl (C=O) groups excluding carboxylic acids is 1. The van der Waals surface area contributed by atoms with Gasteiger partial charge in [0, 0.05) is 39.3 Å². The number of carbonyl (C=O) groups is 1. The van der Waals surface area contributed by atoms with Crippen molar-refractivity contribution in [2.75, 3.05) is 44.7 Å². The number of hydrogen-bond donors (Lipinski definition) is 1. The number of ether oxygens (including phenoxy) is 1. The minimum Gasteiger partial charge on any atom is -0.372 e. The van der Waals surface area contributed by atoms with Crippen LogP contribution in [0, 0.1) is 5.92 Å². The fourth-order valence-electron chi connectivity index (χ4n) is 3.83. The first-order chi connectivity index (χ1) is 13.0. The maximum atomic E-state index is 11.8. The van der Waals surface area contributed by atoms with E-state index in [0.29, 0.717) is 22.0 Å². The van der Waals surface area contributed by atoms with Gasteiger partial charge in [0.25, 0.3) is 0 Å². The second-order valence-electron chi connectivity index (χ2n) is 7.61. The minimum absolute atomic E-state index is 0.00301. The van der Waals surface area contributed by atoms with Crippen molar-refractivity contribution in [3.05, 3.63) is 28.2 Å². The highest BCUT2D eigenvalue weighted by Gasteiger charge is 2.31. The van der Waals surface area contributed by atoms with Crippen LogP contribution < -0.4 is 10.2 Å². The number of halogens is 2. The van der Waals surface area contributed by atoms with Crippen LogP contribution in [0.4, 0.5) is 5.69 Å². The molecule has 0 bridgehead atoms.